The topological polar surface area (TPSA) is 103 Å². The number of rotatable bonds is 4. The van der Waals surface area contributed by atoms with Crippen LogP contribution >= 0.6 is 0 Å². The maximum Gasteiger partial charge on any atom is 0.293 e. The standard InChI is InChI=1S/C21H16F2N8O/c1-11-7-14-16(8-13(11)17(22)23)27-21(26-15-5-3-4-6-24-20(15)32)31-19(14)28-18(29-31)12-9-25-30(2)10-12/h3-10,17H,1-2H3,(H,24,26,27,32). The zero-order valence-electron chi connectivity index (χ0n) is 17.0. The van der Waals surface area contributed by atoms with Crippen molar-refractivity contribution in [2.45, 2.75) is 13.3 Å². The maximum atomic E-state index is 13.5. The average molecular weight is 434 g/mol. The third-order valence-corrected chi connectivity index (χ3v) is 4.99. The van der Waals surface area contributed by atoms with Gasteiger partial charge < -0.3 is 5.32 Å². The van der Waals surface area contributed by atoms with E-state index in [9.17, 15) is 13.6 Å². The van der Waals surface area contributed by atoms with Crippen molar-refractivity contribution in [1.29, 1.82) is 0 Å². The molecule has 0 aliphatic heterocycles. The molecule has 0 fully saturated rings. The Morgan fingerprint density at radius 3 is 2.75 bits per heavy atom. The predicted octanol–water partition coefficient (Wildman–Crippen LogP) is 3.42. The molecule has 0 unspecified atom stereocenters. The van der Waals surface area contributed by atoms with Crippen molar-refractivity contribution in [1.82, 2.24) is 34.3 Å². The largest absolute Gasteiger partial charge is 0.319 e. The van der Waals surface area contributed by atoms with Crippen molar-refractivity contribution in [2.75, 3.05) is 5.32 Å². The Labute approximate surface area is 179 Å². The molecule has 5 rings (SSSR count). The molecule has 0 radical (unpaired) electrons. The molecule has 11 heteroatoms. The van der Waals surface area contributed by atoms with E-state index in [2.05, 4.69) is 30.5 Å². The van der Waals surface area contributed by atoms with Gasteiger partial charge in [-0.25, -0.2) is 23.7 Å². The van der Waals surface area contributed by atoms with Crippen molar-refractivity contribution >= 4 is 28.2 Å². The monoisotopic (exact) mass is 434 g/mol. The Morgan fingerprint density at radius 2 is 2.00 bits per heavy atom. The molecule has 0 saturated carbocycles. The first-order valence-electron chi connectivity index (χ1n) is 9.61. The molecule has 5 aromatic rings. The molecular formula is C21H16F2N8O. The maximum absolute atomic E-state index is 13.5. The fraction of sp³-hybridized carbons (Fsp3) is 0.143. The van der Waals surface area contributed by atoms with Crippen LogP contribution in [0.2, 0.25) is 0 Å². The van der Waals surface area contributed by atoms with E-state index in [4.69, 9.17) is 0 Å². The Morgan fingerprint density at radius 1 is 1.16 bits per heavy atom. The van der Waals surface area contributed by atoms with Crippen LogP contribution < -0.4 is 10.9 Å². The highest BCUT2D eigenvalue weighted by Crippen LogP contribution is 2.31. The number of aromatic nitrogens is 7. The summed E-state index contributed by atoms with van der Waals surface area (Å²) in [5.41, 5.74) is 1.33. The molecule has 0 aliphatic rings. The molecule has 0 atom stereocenters. The molecule has 0 amide bonds. The summed E-state index contributed by atoms with van der Waals surface area (Å²) in [5.74, 6) is 0.523. The van der Waals surface area contributed by atoms with Crippen LogP contribution in [0.3, 0.4) is 0 Å². The summed E-state index contributed by atoms with van der Waals surface area (Å²) in [7, 11) is 1.77. The van der Waals surface area contributed by atoms with Crippen molar-refractivity contribution in [3.05, 3.63) is 70.4 Å². The van der Waals surface area contributed by atoms with Crippen LogP contribution in [0.5, 0.6) is 0 Å². The fourth-order valence-electron chi connectivity index (χ4n) is 3.42. The van der Waals surface area contributed by atoms with Gasteiger partial charge in [0.05, 0.1) is 17.3 Å². The van der Waals surface area contributed by atoms with Gasteiger partial charge in [0, 0.05) is 30.4 Å². The number of aryl methyl sites for hydroxylation is 2. The van der Waals surface area contributed by atoms with Crippen molar-refractivity contribution < 1.29 is 8.78 Å². The SMILES string of the molecule is Cc1cc2c(cc1C(F)F)nc(Nc1ccccnc1=O)n1nc(-c3cnn(C)c3)nc21. The molecule has 0 bridgehead atoms. The molecule has 0 saturated heterocycles. The number of nitrogens with zero attached hydrogens (tertiary/aromatic N) is 7. The first kappa shape index (κ1) is 19.7. The summed E-state index contributed by atoms with van der Waals surface area (Å²) in [6, 6.07) is 7.76. The Balaban J connectivity index is 1.80. The summed E-state index contributed by atoms with van der Waals surface area (Å²) in [4.78, 5) is 25.2. The lowest BCUT2D eigenvalue weighted by molar-refractivity contribution is 0.151. The van der Waals surface area contributed by atoms with Gasteiger partial charge in [0.2, 0.25) is 5.95 Å². The molecule has 0 aliphatic carbocycles. The Bertz CT molecular complexity index is 1540. The second-order valence-electron chi connectivity index (χ2n) is 7.21. The smallest absolute Gasteiger partial charge is 0.293 e. The van der Waals surface area contributed by atoms with E-state index in [1.165, 1.54) is 16.8 Å². The van der Waals surface area contributed by atoms with Crippen LogP contribution in [0, 0.1) is 6.92 Å². The highest BCUT2D eigenvalue weighted by molar-refractivity contribution is 5.94. The van der Waals surface area contributed by atoms with E-state index >= 15 is 0 Å². The average Bonchev–Trinajstić information content (AvgIpc) is 3.33. The quantitative estimate of drug-likeness (QED) is 0.462. The van der Waals surface area contributed by atoms with Gasteiger partial charge in [-0.1, -0.05) is 6.07 Å². The number of nitrogens with one attached hydrogen (secondary N) is 1. The van der Waals surface area contributed by atoms with Gasteiger partial charge in [-0.3, -0.25) is 9.48 Å². The second kappa shape index (κ2) is 7.45. The lowest BCUT2D eigenvalue weighted by atomic mass is 10.1. The first-order valence-corrected chi connectivity index (χ1v) is 9.61. The predicted molar refractivity (Wildman–Crippen MR) is 114 cm³/mol. The van der Waals surface area contributed by atoms with Crippen LogP contribution in [0.15, 0.2) is 53.7 Å². The van der Waals surface area contributed by atoms with Crippen LogP contribution in [0.4, 0.5) is 20.4 Å². The third kappa shape index (κ3) is 3.33. The Kier molecular flexibility index (Phi) is 4.58. The number of hydrogen-bond acceptors (Lipinski definition) is 7. The number of fused-ring (bicyclic) bond motifs is 3. The second-order valence-corrected chi connectivity index (χ2v) is 7.21. The molecule has 160 valence electrons. The lowest BCUT2D eigenvalue weighted by Crippen LogP contribution is -2.12. The van der Waals surface area contributed by atoms with Gasteiger partial charge in [0.15, 0.2) is 11.5 Å². The van der Waals surface area contributed by atoms with E-state index in [0.29, 0.717) is 33.5 Å². The molecule has 4 heterocycles. The summed E-state index contributed by atoms with van der Waals surface area (Å²) in [5, 5.41) is 12.2. The van der Waals surface area contributed by atoms with E-state index in [1.807, 2.05) is 0 Å². The molecule has 9 nitrogen and oxygen atoms in total. The van der Waals surface area contributed by atoms with Gasteiger partial charge in [-0.05, 0) is 36.8 Å². The van der Waals surface area contributed by atoms with Gasteiger partial charge in [-0.15, -0.1) is 5.10 Å². The minimum atomic E-state index is -2.65. The minimum Gasteiger partial charge on any atom is -0.319 e. The van der Waals surface area contributed by atoms with Crippen LogP contribution in [0.1, 0.15) is 17.6 Å². The van der Waals surface area contributed by atoms with Crippen molar-refractivity contribution in [3.8, 4) is 11.4 Å². The normalized spacial score (nSPS) is 11.5. The zero-order valence-corrected chi connectivity index (χ0v) is 17.0. The molecule has 4 aromatic heterocycles. The molecule has 1 N–H and O–H groups in total. The number of alkyl halides is 2. The summed E-state index contributed by atoms with van der Waals surface area (Å²) in [6.07, 6.45) is 2.11. The van der Waals surface area contributed by atoms with E-state index in [0.717, 1.165) is 0 Å². The molecule has 1 aromatic carbocycles. The number of halogens is 2. The van der Waals surface area contributed by atoms with E-state index in [1.54, 1.807) is 55.3 Å². The molecular weight excluding hydrogens is 418 g/mol. The summed E-state index contributed by atoms with van der Waals surface area (Å²) in [6.45, 7) is 1.61. The number of anilines is 2. The van der Waals surface area contributed by atoms with Crippen LogP contribution in [-0.4, -0.2) is 34.3 Å². The van der Waals surface area contributed by atoms with E-state index in [-0.39, 0.29) is 17.2 Å². The van der Waals surface area contributed by atoms with Crippen LogP contribution in [0.25, 0.3) is 27.9 Å². The zero-order chi connectivity index (χ0) is 22.4. The van der Waals surface area contributed by atoms with E-state index < -0.39 is 12.0 Å². The van der Waals surface area contributed by atoms with Gasteiger partial charge >= 0.3 is 0 Å². The van der Waals surface area contributed by atoms with Crippen LogP contribution in [-0.2, 0) is 7.05 Å². The van der Waals surface area contributed by atoms with Crippen molar-refractivity contribution in [3.63, 3.8) is 0 Å². The fourth-order valence-corrected chi connectivity index (χ4v) is 3.42. The third-order valence-electron chi connectivity index (χ3n) is 4.99. The molecule has 0 spiro atoms. The first-order chi connectivity index (χ1) is 15.4. The van der Waals surface area contributed by atoms with Gasteiger partial charge in [0.1, 0.15) is 5.69 Å². The lowest BCUT2D eigenvalue weighted by Gasteiger charge is -2.10. The molecule has 32 heavy (non-hydrogen) atoms. The Hall–Kier alpha value is -4.28. The highest BCUT2D eigenvalue weighted by atomic mass is 19.3. The highest BCUT2D eigenvalue weighted by Gasteiger charge is 2.19. The van der Waals surface area contributed by atoms with Gasteiger partial charge in [0.25, 0.3) is 12.0 Å². The van der Waals surface area contributed by atoms with Crippen molar-refractivity contribution in [2.24, 2.45) is 7.05 Å². The minimum absolute atomic E-state index is 0.121. The number of hydrogen-bond donors (Lipinski definition) is 1. The summed E-state index contributed by atoms with van der Waals surface area (Å²) >= 11 is 0. The van der Waals surface area contributed by atoms with Gasteiger partial charge in [-0.2, -0.15) is 9.61 Å². The summed E-state index contributed by atoms with van der Waals surface area (Å²) < 4.78 is 30.1. The number of benzene rings is 1.